The molecule has 0 spiro atoms. The molecule has 4 nitrogen and oxygen atoms in total. The Morgan fingerprint density at radius 2 is 2.21 bits per heavy atom. The van der Waals surface area contributed by atoms with Crippen LogP contribution in [-0.4, -0.2) is 44.2 Å². The first kappa shape index (κ1) is 16.3. The second-order valence-corrected chi connectivity index (χ2v) is 5.26. The highest BCUT2D eigenvalue weighted by Gasteiger charge is 2.07. The van der Waals surface area contributed by atoms with Crippen LogP contribution in [0.15, 0.2) is 22.7 Å². The standard InChI is InChI=1S/C13H17BrClNO3/c1-3-18-13(17)9-16(2)6-7-19-12-5-4-10(15)8-11(12)14/h4-5,8H,3,6-7,9H2,1-2H3. The quantitative estimate of drug-likeness (QED) is 0.709. The van der Waals surface area contributed by atoms with E-state index in [2.05, 4.69) is 15.9 Å². The molecule has 6 heteroatoms. The molecule has 0 atom stereocenters. The van der Waals surface area contributed by atoms with E-state index >= 15 is 0 Å². The summed E-state index contributed by atoms with van der Waals surface area (Å²) in [7, 11) is 1.84. The van der Waals surface area contributed by atoms with Crippen molar-refractivity contribution in [3.63, 3.8) is 0 Å². The number of ether oxygens (including phenoxy) is 2. The number of rotatable bonds is 7. The molecule has 0 N–H and O–H groups in total. The van der Waals surface area contributed by atoms with Crippen LogP contribution in [0.4, 0.5) is 0 Å². The molecule has 19 heavy (non-hydrogen) atoms. The smallest absolute Gasteiger partial charge is 0.320 e. The molecule has 0 bridgehead atoms. The minimum absolute atomic E-state index is 0.224. The summed E-state index contributed by atoms with van der Waals surface area (Å²) in [6.45, 7) is 3.57. The maximum absolute atomic E-state index is 11.3. The lowest BCUT2D eigenvalue weighted by atomic mass is 10.3. The highest BCUT2D eigenvalue weighted by Crippen LogP contribution is 2.27. The zero-order valence-corrected chi connectivity index (χ0v) is 13.3. The van der Waals surface area contributed by atoms with Crippen molar-refractivity contribution in [1.29, 1.82) is 0 Å². The molecule has 1 aromatic rings. The van der Waals surface area contributed by atoms with Gasteiger partial charge in [0.25, 0.3) is 0 Å². The van der Waals surface area contributed by atoms with Gasteiger partial charge in [0.2, 0.25) is 0 Å². The van der Waals surface area contributed by atoms with E-state index in [1.807, 2.05) is 11.9 Å². The fourth-order valence-electron chi connectivity index (χ4n) is 1.41. The van der Waals surface area contributed by atoms with Crippen LogP contribution in [0.1, 0.15) is 6.92 Å². The third kappa shape index (κ3) is 6.27. The molecule has 0 fully saturated rings. The van der Waals surface area contributed by atoms with Crippen molar-refractivity contribution < 1.29 is 14.3 Å². The van der Waals surface area contributed by atoms with Crippen molar-refractivity contribution in [2.45, 2.75) is 6.92 Å². The Bertz CT molecular complexity index is 428. The lowest BCUT2D eigenvalue weighted by molar-refractivity contribution is -0.144. The number of carbonyl (C=O) groups excluding carboxylic acids is 1. The van der Waals surface area contributed by atoms with E-state index in [-0.39, 0.29) is 12.5 Å². The summed E-state index contributed by atoms with van der Waals surface area (Å²) in [6.07, 6.45) is 0. The van der Waals surface area contributed by atoms with Crippen molar-refractivity contribution in [2.75, 3.05) is 33.4 Å². The molecule has 0 unspecified atom stereocenters. The second kappa shape index (κ2) is 8.40. The zero-order chi connectivity index (χ0) is 14.3. The van der Waals surface area contributed by atoms with E-state index in [0.29, 0.717) is 24.8 Å². The Morgan fingerprint density at radius 1 is 1.47 bits per heavy atom. The lowest BCUT2D eigenvalue weighted by Gasteiger charge is -2.16. The SMILES string of the molecule is CCOC(=O)CN(C)CCOc1ccc(Cl)cc1Br. The summed E-state index contributed by atoms with van der Waals surface area (Å²) in [5.74, 6) is 0.506. The van der Waals surface area contributed by atoms with Gasteiger partial charge in [0, 0.05) is 11.6 Å². The Kier molecular flexibility index (Phi) is 7.20. The molecule has 0 saturated heterocycles. The Labute approximate surface area is 126 Å². The summed E-state index contributed by atoms with van der Waals surface area (Å²) in [4.78, 5) is 13.1. The molecule has 0 saturated carbocycles. The number of likely N-dealkylation sites (N-methyl/N-ethyl adjacent to an activating group) is 1. The molecule has 0 aliphatic rings. The largest absolute Gasteiger partial charge is 0.491 e. The molecule has 106 valence electrons. The summed E-state index contributed by atoms with van der Waals surface area (Å²) in [5, 5.41) is 0.652. The van der Waals surface area contributed by atoms with Crippen molar-refractivity contribution in [2.24, 2.45) is 0 Å². The van der Waals surface area contributed by atoms with E-state index in [9.17, 15) is 4.79 Å². The van der Waals surface area contributed by atoms with Gasteiger partial charge in [0.15, 0.2) is 0 Å². The third-order valence-electron chi connectivity index (χ3n) is 2.33. The highest BCUT2D eigenvalue weighted by atomic mass is 79.9. The number of hydrogen-bond donors (Lipinski definition) is 0. The van der Waals surface area contributed by atoms with Crippen LogP contribution in [0.3, 0.4) is 0 Å². The summed E-state index contributed by atoms with van der Waals surface area (Å²) in [6, 6.07) is 5.35. The number of halogens is 2. The second-order valence-electron chi connectivity index (χ2n) is 3.97. The monoisotopic (exact) mass is 349 g/mol. The van der Waals surface area contributed by atoms with E-state index < -0.39 is 0 Å². The maximum Gasteiger partial charge on any atom is 0.320 e. The normalized spacial score (nSPS) is 10.6. The third-order valence-corrected chi connectivity index (χ3v) is 3.18. The van der Waals surface area contributed by atoms with Crippen LogP contribution in [0.5, 0.6) is 5.75 Å². The molecule has 0 radical (unpaired) electrons. The van der Waals surface area contributed by atoms with E-state index in [0.717, 1.165) is 10.2 Å². The van der Waals surface area contributed by atoms with Crippen molar-refractivity contribution in [1.82, 2.24) is 4.90 Å². The van der Waals surface area contributed by atoms with Crippen molar-refractivity contribution in [3.8, 4) is 5.75 Å². The van der Waals surface area contributed by atoms with Crippen LogP contribution in [0.25, 0.3) is 0 Å². The van der Waals surface area contributed by atoms with Gasteiger partial charge in [-0.15, -0.1) is 0 Å². The predicted molar refractivity (Wildman–Crippen MR) is 78.8 cm³/mol. The Morgan fingerprint density at radius 3 is 2.84 bits per heavy atom. The van der Waals surface area contributed by atoms with Crippen LogP contribution >= 0.6 is 27.5 Å². The zero-order valence-electron chi connectivity index (χ0n) is 11.0. The van der Waals surface area contributed by atoms with Crippen LogP contribution in [-0.2, 0) is 9.53 Å². The molecular formula is C13H17BrClNO3. The van der Waals surface area contributed by atoms with Gasteiger partial charge in [-0.1, -0.05) is 11.6 Å². The van der Waals surface area contributed by atoms with Gasteiger partial charge in [0.05, 0.1) is 17.6 Å². The van der Waals surface area contributed by atoms with Gasteiger partial charge < -0.3 is 9.47 Å². The van der Waals surface area contributed by atoms with Gasteiger partial charge in [-0.2, -0.15) is 0 Å². The topological polar surface area (TPSA) is 38.8 Å². The van der Waals surface area contributed by atoms with E-state index in [1.165, 1.54) is 0 Å². The number of nitrogens with zero attached hydrogens (tertiary/aromatic N) is 1. The van der Waals surface area contributed by atoms with Crippen LogP contribution in [0.2, 0.25) is 5.02 Å². The Balaban J connectivity index is 2.31. The fourth-order valence-corrected chi connectivity index (χ4v) is 2.21. The van der Waals surface area contributed by atoms with Gasteiger partial charge in [-0.25, -0.2) is 0 Å². The van der Waals surface area contributed by atoms with Gasteiger partial charge >= 0.3 is 5.97 Å². The minimum Gasteiger partial charge on any atom is -0.491 e. The maximum atomic E-state index is 11.3. The van der Waals surface area contributed by atoms with Gasteiger partial charge in [-0.3, -0.25) is 9.69 Å². The molecule has 0 aromatic heterocycles. The number of esters is 1. The first-order chi connectivity index (χ1) is 9.02. The van der Waals surface area contributed by atoms with E-state index in [1.54, 1.807) is 25.1 Å². The average molecular weight is 351 g/mol. The summed E-state index contributed by atoms with van der Waals surface area (Å²) < 4.78 is 11.3. The highest BCUT2D eigenvalue weighted by molar-refractivity contribution is 9.10. The van der Waals surface area contributed by atoms with Crippen LogP contribution < -0.4 is 4.74 Å². The number of benzene rings is 1. The predicted octanol–water partition coefficient (Wildman–Crippen LogP) is 2.98. The Hall–Kier alpha value is -0.780. The lowest BCUT2D eigenvalue weighted by Crippen LogP contribution is -2.31. The molecular weight excluding hydrogens is 334 g/mol. The number of hydrogen-bond acceptors (Lipinski definition) is 4. The average Bonchev–Trinajstić information content (AvgIpc) is 2.32. The molecule has 1 aromatic carbocycles. The molecule has 0 amide bonds. The fraction of sp³-hybridized carbons (Fsp3) is 0.462. The summed E-state index contributed by atoms with van der Waals surface area (Å²) in [5.41, 5.74) is 0. The van der Waals surface area contributed by atoms with Gasteiger partial charge in [0.1, 0.15) is 12.4 Å². The van der Waals surface area contributed by atoms with E-state index in [4.69, 9.17) is 21.1 Å². The van der Waals surface area contributed by atoms with Crippen molar-refractivity contribution >= 4 is 33.5 Å². The van der Waals surface area contributed by atoms with Crippen molar-refractivity contribution in [3.05, 3.63) is 27.7 Å². The molecule has 0 aliphatic heterocycles. The first-order valence-corrected chi connectivity index (χ1v) is 7.12. The minimum atomic E-state index is -0.224. The molecule has 1 rings (SSSR count). The van der Waals surface area contributed by atoms with Gasteiger partial charge in [-0.05, 0) is 48.1 Å². The molecule has 0 aliphatic carbocycles. The number of carbonyl (C=O) groups is 1. The molecule has 0 heterocycles. The van der Waals surface area contributed by atoms with Crippen LogP contribution in [0, 0.1) is 0 Å². The summed E-state index contributed by atoms with van der Waals surface area (Å²) >= 11 is 9.22. The first-order valence-electron chi connectivity index (χ1n) is 5.95.